The molecule has 2 aromatic rings. The van der Waals surface area contributed by atoms with E-state index in [4.69, 9.17) is 4.74 Å². The minimum atomic E-state index is -3.64. The zero-order chi connectivity index (χ0) is 19.3. The van der Waals surface area contributed by atoms with E-state index in [9.17, 15) is 18.0 Å². The number of ether oxygens (including phenoxy) is 1. The van der Waals surface area contributed by atoms with Gasteiger partial charge >= 0.3 is 5.97 Å². The molecule has 26 heavy (non-hydrogen) atoms. The summed E-state index contributed by atoms with van der Waals surface area (Å²) in [6.07, 6.45) is 1.03. The van der Waals surface area contributed by atoms with Crippen molar-refractivity contribution in [3.05, 3.63) is 65.7 Å². The van der Waals surface area contributed by atoms with Crippen LogP contribution in [0.25, 0.3) is 0 Å². The third kappa shape index (κ3) is 4.47. The Balaban J connectivity index is 2.42. The highest BCUT2D eigenvalue weighted by Gasteiger charge is 2.31. The Labute approximate surface area is 152 Å². The van der Waals surface area contributed by atoms with Crippen LogP contribution >= 0.6 is 0 Å². The van der Waals surface area contributed by atoms with Crippen molar-refractivity contribution in [2.75, 3.05) is 25.7 Å². The normalized spacial score (nSPS) is 12.5. The number of benzene rings is 2. The summed E-state index contributed by atoms with van der Waals surface area (Å²) < 4.78 is 29.7. The highest BCUT2D eigenvalue weighted by atomic mass is 32.2. The summed E-state index contributed by atoms with van der Waals surface area (Å²) in [6, 6.07) is 13.8. The lowest BCUT2D eigenvalue weighted by molar-refractivity contribution is -0.119. The quantitative estimate of drug-likeness (QED) is 0.779. The molecule has 2 rings (SSSR count). The van der Waals surface area contributed by atoms with Crippen LogP contribution in [0.5, 0.6) is 0 Å². The van der Waals surface area contributed by atoms with E-state index in [1.54, 1.807) is 48.5 Å². The van der Waals surface area contributed by atoms with Crippen LogP contribution in [-0.4, -0.2) is 45.0 Å². The molecule has 1 atom stereocenters. The van der Waals surface area contributed by atoms with Gasteiger partial charge in [-0.3, -0.25) is 4.79 Å². The molecule has 8 heteroatoms. The molecule has 0 aliphatic heterocycles. The summed E-state index contributed by atoms with van der Waals surface area (Å²) in [5, 5.41) is 2.63. The second kappa shape index (κ2) is 8.11. The summed E-state index contributed by atoms with van der Waals surface area (Å²) in [5.74, 6) is -1.19. The lowest BCUT2D eigenvalue weighted by Gasteiger charge is -2.26. The van der Waals surface area contributed by atoms with E-state index >= 15 is 0 Å². The van der Waals surface area contributed by atoms with Crippen LogP contribution in [0.4, 0.5) is 5.69 Å². The number of hydrogen-bond donors (Lipinski definition) is 1. The zero-order valence-corrected chi connectivity index (χ0v) is 15.5. The number of carbonyl (C=O) groups excluding carboxylic acids is 2. The maximum atomic E-state index is 12.9. The molecule has 2 aromatic carbocycles. The van der Waals surface area contributed by atoms with Crippen molar-refractivity contribution in [3.63, 3.8) is 0 Å². The summed E-state index contributed by atoms with van der Waals surface area (Å²) in [7, 11) is -1.06. The number of nitrogens with one attached hydrogen (secondary N) is 1. The molecule has 0 saturated carbocycles. The number of carbonyl (C=O) groups is 2. The van der Waals surface area contributed by atoms with Crippen LogP contribution in [0.3, 0.4) is 0 Å². The van der Waals surface area contributed by atoms with Crippen LogP contribution in [0.1, 0.15) is 22.0 Å². The van der Waals surface area contributed by atoms with E-state index in [2.05, 4.69) is 5.32 Å². The predicted molar refractivity (Wildman–Crippen MR) is 98.2 cm³/mol. The average molecular weight is 376 g/mol. The van der Waals surface area contributed by atoms with E-state index in [-0.39, 0.29) is 11.3 Å². The van der Waals surface area contributed by atoms with Gasteiger partial charge in [-0.25, -0.2) is 13.2 Å². The van der Waals surface area contributed by atoms with Gasteiger partial charge in [0.2, 0.25) is 15.9 Å². The van der Waals surface area contributed by atoms with E-state index in [0.717, 1.165) is 10.6 Å². The van der Waals surface area contributed by atoms with Gasteiger partial charge in [-0.2, -0.15) is 4.31 Å². The van der Waals surface area contributed by atoms with Gasteiger partial charge in [-0.1, -0.05) is 42.5 Å². The first-order chi connectivity index (χ1) is 12.3. The monoisotopic (exact) mass is 376 g/mol. The standard InChI is InChI=1S/C18H20N2O5S/c1-20(26(3,23)24)16(13-9-5-4-6-10-13)17(21)19-15-12-8-7-11-14(15)18(22)25-2/h4-12,16H,1-3H3,(H,19,21). The van der Waals surface area contributed by atoms with Crippen molar-refractivity contribution in [2.24, 2.45) is 0 Å². The highest BCUT2D eigenvalue weighted by Crippen LogP contribution is 2.25. The largest absolute Gasteiger partial charge is 0.465 e. The number of para-hydroxylation sites is 1. The molecule has 1 N–H and O–H groups in total. The van der Waals surface area contributed by atoms with Crippen LogP contribution < -0.4 is 5.32 Å². The van der Waals surface area contributed by atoms with Crippen LogP contribution in [0, 0.1) is 0 Å². The number of likely N-dealkylation sites (N-methyl/N-ethyl adjacent to an activating group) is 1. The number of amides is 1. The number of methoxy groups -OCH3 is 1. The van der Waals surface area contributed by atoms with Gasteiger partial charge < -0.3 is 10.1 Å². The van der Waals surface area contributed by atoms with Crippen molar-refractivity contribution in [1.82, 2.24) is 4.31 Å². The third-order valence-corrected chi connectivity index (χ3v) is 5.10. The maximum absolute atomic E-state index is 12.9. The molecule has 0 aromatic heterocycles. The SMILES string of the molecule is COC(=O)c1ccccc1NC(=O)C(c1ccccc1)N(C)S(C)(=O)=O. The minimum Gasteiger partial charge on any atom is -0.465 e. The van der Waals surface area contributed by atoms with Gasteiger partial charge in [0.15, 0.2) is 0 Å². The van der Waals surface area contributed by atoms with Gasteiger partial charge in [0.05, 0.1) is 24.6 Å². The van der Waals surface area contributed by atoms with Crippen molar-refractivity contribution in [1.29, 1.82) is 0 Å². The molecule has 0 aliphatic rings. The topological polar surface area (TPSA) is 92.8 Å². The lowest BCUT2D eigenvalue weighted by atomic mass is 10.1. The maximum Gasteiger partial charge on any atom is 0.339 e. The number of esters is 1. The number of rotatable bonds is 6. The predicted octanol–water partition coefficient (Wildman–Crippen LogP) is 2.04. The molecule has 0 spiro atoms. The van der Waals surface area contributed by atoms with Crippen LogP contribution in [0.15, 0.2) is 54.6 Å². The molecule has 0 fully saturated rings. The fraction of sp³-hybridized carbons (Fsp3) is 0.222. The summed E-state index contributed by atoms with van der Waals surface area (Å²) in [5.41, 5.74) is 0.929. The van der Waals surface area contributed by atoms with E-state index in [1.165, 1.54) is 20.2 Å². The van der Waals surface area contributed by atoms with Gasteiger partial charge in [-0.15, -0.1) is 0 Å². The Morgan fingerprint density at radius 3 is 2.19 bits per heavy atom. The molecule has 1 unspecified atom stereocenters. The molecule has 1 amide bonds. The summed E-state index contributed by atoms with van der Waals surface area (Å²) in [4.78, 5) is 24.8. The molecule has 0 saturated heterocycles. The molecule has 0 radical (unpaired) electrons. The zero-order valence-electron chi connectivity index (χ0n) is 14.7. The minimum absolute atomic E-state index is 0.178. The molecule has 138 valence electrons. The Kier molecular flexibility index (Phi) is 6.12. The third-order valence-electron chi connectivity index (χ3n) is 3.84. The molecule has 0 aliphatic carbocycles. The number of hydrogen-bond acceptors (Lipinski definition) is 5. The van der Waals surface area contributed by atoms with Gasteiger partial charge in [0.25, 0.3) is 0 Å². The van der Waals surface area contributed by atoms with E-state index < -0.39 is 27.9 Å². The van der Waals surface area contributed by atoms with Gasteiger partial charge in [-0.05, 0) is 17.7 Å². The Morgan fingerprint density at radius 1 is 1.04 bits per heavy atom. The van der Waals surface area contributed by atoms with Crippen LogP contribution in [0.2, 0.25) is 0 Å². The van der Waals surface area contributed by atoms with Crippen molar-refractivity contribution in [3.8, 4) is 0 Å². The van der Waals surface area contributed by atoms with Crippen molar-refractivity contribution < 1.29 is 22.7 Å². The van der Waals surface area contributed by atoms with Crippen LogP contribution in [-0.2, 0) is 19.6 Å². The number of anilines is 1. The Bertz CT molecular complexity index is 897. The van der Waals surface area contributed by atoms with E-state index in [1.807, 2.05) is 0 Å². The van der Waals surface area contributed by atoms with Gasteiger partial charge in [0.1, 0.15) is 6.04 Å². The Morgan fingerprint density at radius 2 is 1.62 bits per heavy atom. The van der Waals surface area contributed by atoms with Gasteiger partial charge in [0, 0.05) is 7.05 Å². The van der Waals surface area contributed by atoms with Crippen molar-refractivity contribution in [2.45, 2.75) is 6.04 Å². The second-order valence-electron chi connectivity index (χ2n) is 5.62. The first-order valence-corrected chi connectivity index (χ1v) is 9.56. The fourth-order valence-corrected chi connectivity index (χ4v) is 3.03. The number of sulfonamides is 1. The summed E-state index contributed by atoms with van der Waals surface area (Å²) >= 11 is 0. The van der Waals surface area contributed by atoms with Crippen molar-refractivity contribution >= 4 is 27.6 Å². The summed E-state index contributed by atoms with van der Waals surface area (Å²) in [6.45, 7) is 0. The molecule has 7 nitrogen and oxygen atoms in total. The first-order valence-electron chi connectivity index (χ1n) is 7.72. The number of nitrogens with zero attached hydrogens (tertiary/aromatic N) is 1. The smallest absolute Gasteiger partial charge is 0.339 e. The first kappa shape index (κ1) is 19.6. The van der Waals surface area contributed by atoms with E-state index in [0.29, 0.717) is 5.56 Å². The fourth-order valence-electron chi connectivity index (χ4n) is 2.43. The average Bonchev–Trinajstić information content (AvgIpc) is 2.61. The molecular formula is C18H20N2O5S. The highest BCUT2D eigenvalue weighted by molar-refractivity contribution is 7.88. The second-order valence-corrected chi connectivity index (χ2v) is 7.66. The molecule has 0 heterocycles. The Hall–Kier alpha value is -2.71. The molecule has 0 bridgehead atoms. The lowest BCUT2D eigenvalue weighted by Crippen LogP contribution is -2.38. The molecular weight excluding hydrogens is 356 g/mol.